The van der Waals surface area contributed by atoms with Gasteiger partial charge in [0.2, 0.25) is 0 Å². The topological polar surface area (TPSA) is 40.5 Å². The Morgan fingerprint density at radius 1 is 1.44 bits per heavy atom. The molecule has 1 aliphatic carbocycles. The quantitative estimate of drug-likeness (QED) is 0.843. The normalized spacial score (nSPS) is 16.2. The first-order valence-electron chi connectivity index (χ1n) is 6.00. The summed E-state index contributed by atoms with van der Waals surface area (Å²) in [5.74, 6) is 0.0346. The minimum absolute atomic E-state index is 0.0238. The number of thiophene rings is 1. The summed E-state index contributed by atoms with van der Waals surface area (Å²) in [5, 5.41) is 9.14. The molecule has 1 saturated carbocycles. The van der Waals surface area contributed by atoms with Gasteiger partial charge in [0.1, 0.15) is 0 Å². The van der Waals surface area contributed by atoms with E-state index in [9.17, 15) is 4.79 Å². The Labute approximate surface area is 127 Å². The number of amides is 1. The van der Waals surface area contributed by atoms with Crippen LogP contribution >= 0.6 is 43.2 Å². The molecule has 0 radical (unpaired) electrons. The number of aliphatic hydroxyl groups is 1. The Hall–Kier alpha value is 0.0900. The van der Waals surface area contributed by atoms with Crippen LogP contribution in [0, 0.1) is 0 Å². The molecule has 1 fully saturated rings. The van der Waals surface area contributed by atoms with Crippen molar-refractivity contribution in [2.24, 2.45) is 0 Å². The maximum Gasteiger partial charge on any atom is 0.264 e. The van der Waals surface area contributed by atoms with Crippen LogP contribution in [0.25, 0.3) is 0 Å². The summed E-state index contributed by atoms with van der Waals surface area (Å²) in [7, 11) is 0. The molecule has 0 aliphatic heterocycles. The molecule has 0 saturated heterocycles. The SMILES string of the molecule is O=C(c1cc(Br)c(Br)s1)N(CCO)C1CCCC1. The van der Waals surface area contributed by atoms with Crippen molar-refractivity contribution in [3.63, 3.8) is 0 Å². The lowest BCUT2D eigenvalue weighted by atomic mass is 10.2. The van der Waals surface area contributed by atoms with Gasteiger partial charge in [-0.15, -0.1) is 11.3 Å². The molecule has 1 N–H and O–H groups in total. The number of aliphatic hydroxyl groups excluding tert-OH is 1. The van der Waals surface area contributed by atoms with Crippen LogP contribution in [0.1, 0.15) is 35.4 Å². The van der Waals surface area contributed by atoms with Crippen molar-refractivity contribution >= 4 is 49.1 Å². The Balaban J connectivity index is 2.16. The zero-order chi connectivity index (χ0) is 13.1. The van der Waals surface area contributed by atoms with E-state index < -0.39 is 0 Å². The summed E-state index contributed by atoms with van der Waals surface area (Å²) in [4.78, 5) is 15.0. The summed E-state index contributed by atoms with van der Waals surface area (Å²) in [6, 6.07) is 2.14. The zero-order valence-corrected chi connectivity index (χ0v) is 13.9. The second kappa shape index (κ2) is 6.50. The van der Waals surface area contributed by atoms with Gasteiger partial charge in [-0.25, -0.2) is 0 Å². The summed E-state index contributed by atoms with van der Waals surface area (Å²) < 4.78 is 1.84. The lowest BCUT2D eigenvalue weighted by molar-refractivity contribution is 0.0643. The van der Waals surface area contributed by atoms with Crippen LogP contribution in [0.5, 0.6) is 0 Å². The van der Waals surface area contributed by atoms with Gasteiger partial charge < -0.3 is 10.0 Å². The summed E-state index contributed by atoms with van der Waals surface area (Å²) in [5.41, 5.74) is 0. The monoisotopic (exact) mass is 395 g/mol. The maximum atomic E-state index is 12.5. The van der Waals surface area contributed by atoms with Crippen molar-refractivity contribution in [3.8, 4) is 0 Å². The Kier molecular flexibility index (Phi) is 5.24. The van der Waals surface area contributed by atoms with Crippen LogP contribution in [0.4, 0.5) is 0 Å². The van der Waals surface area contributed by atoms with Crippen molar-refractivity contribution in [1.82, 2.24) is 4.90 Å². The van der Waals surface area contributed by atoms with Gasteiger partial charge in [-0.3, -0.25) is 4.79 Å². The fourth-order valence-corrected chi connectivity index (χ4v) is 4.36. The molecule has 1 heterocycles. The molecule has 1 aromatic rings. The van der Waals surface area contributed by atoms with Crippen LogP contribution in [-0.2, 0) is 0 Å². The summed E-state index contributed by atoms with van der Waals surface area (Å²) >= 11 is 8.24. The van der Waals surface area contributed by atoms with Crippen LogP contribution in [0.3, 0.4) is 0 Å². The molecule has 100 valence electrons. The molecule has 3 nitrogen and oxygen atoms in total. The third-order valence-electron chi connectivity index (χ3n) is 3.22. The fourth-order valence-electron chi connectivity index (χ4n) is 2.37. The second-order valence-electron chi connectivity index (χ2n) is 4.39. The highest BCUT2D eigenvalue weighted by molar-refractivity contribution is 9.13. The van der Waals surface area contributed by atoms with Gasteiger partial charge in [-0.05, 0) is 50.8 Å². The van der Waals surface area contributed by atoms with Crippen molar-refractivity contribution in [3.05, 3.63) is 19.2 Å². The van der Waals surface area contributed by atoms with Gasteiger partial charge in [-0.1, -0.05) is 12.8 Å². The number of carbonyl (C=O) groups excluding carboxylic acids is 1. The average Bonchev–Trinajstić information content (AvgIpc) is 2.97. The first-order chi connectivity index (χ1) is 8.63. The summed E-state index contributed by atoms with van der Waals surface area (Å²) in [6.07, 6.45) is 4.47. The highest BCUT2D eigenvalue weighted by Crippen LogP contribution is 2.34. The van der Waals surface area contributed by atoms with E-state index in [0.717, 1.165) is 21.1 Å². The number of rotatable bonds is 4. The molecule has 0 bridgehead atoms. The van der Waals surface area contributed by atoms with E-state index in [1.807, 2.05) is 11.0 Å². The van der Waals surface area contributed by atoms with Crippen molar-refractivity contribution in [1.29, 1.82) is 0 Å². The Morgan fingerprint density at radius 3 is 2.61 bits per heavy atom. The van der Waals surface area contributed by atoms with E-state index in [2.05, 4.69) is 31.9 Å². The minimum Gasteiger partial charge on any atom is -0.395 e. The lowest BCUT2D eigenvalue weighted by Gasteiger charge is -2.27. The molecule has 1 aliphatic rings. The first-order valence-corrected chi connectivity index (χ1v) is 8.40. The molecule has 0 unspecified atom stereocenters. The highest BCUT2D eigenvalue weighted by Gasteiger charge is 2.28. The molecule has 18 heavy (non-hydrogen) atoms. The molecular weight excluding hydrogens is 382 g/mol. The van der Waals surface area contributed by atoms with Gasteiger partial charge in [0.05, 0.1) is 15.3 Å². The van der Waals surface area contributed by atoms with Gasteiger partial charge >= 0.3 is 0 Å². The zero-order valence-electron chi connectivity index (χ0n) is 9.86. The highest BCUT2D eigenvalue weighted by atomic mass is 79.9. The summed E-state index contributed by atoms with van der Waals surface area (Å²) in [6.45, 7) is 0.451. The number of halogens is 2. The van der Waals surface area contributed by atoms with Gasteiger partial charge in [-0.2, -0.15) is 0 Å². The third kappa shape index (κ3) is 3.15. The van der Waals surface area contributed by atoms with Crippen LogP contribution in [-0.4, -0.2) is 35.1 Å². The van der Waals surface area contributed by atoms with E-state index in [0.29, 0.717) is 17.5 Å². The van der Waals surface area contributed by atoms with Crippen molar-refractivity contribution < 1.29 is 9.90 Å². The van der Waals surface area contributed by atoms with E-state index in [-0.39, 0.29) is 12.5 Å². The molecular formula is C12H15Br2NO2S. The van der Waals surface area contributed by atoms with Gasteiger partial charge in [0, 0.05) is 17.1 Å². The average molecular weight is 397 g/mol. The fraction of sp³-hybridized carbons (Fsp3) is 0.583. The molecule has 0 aromatic carbocycles. The standard InChI is InChI=1S/C12H15Br2NO2S/c13-9-7-10(18-11(9)14)12(17)15(5-6-16)8-3-1-2-4-8/h7-8,16H,1-6H2. The maximum absolute atomic E-state index is 12.5. The first kappa shape index (κ1) is 14.5. The number of hydrogen-bond donors (Lipinski definition) is 1. The molecule has 1 amide bonds. The molecule has 6 heteroatoms. The van der Waals surface area contributed by atoms with E-state index in [1.165, 1.54) is 24.2 Å². The third-order valence-corrected chi connectivity index (χ3v) is 6.47. The van der Waals surface area contributed by atoms with Gasteiger partial charge in [0.15, 0.2) is 0 Å². The number of hydrogen-bond acceptors (Lipinski definition) is 3. The van der Waals surface area contributed by atoms with Crippen LogP contribution in [0.2, 0.25) is 0 Å². The molecule has 1 aromatic heterocycles. The van der Waals surface area contributed by atoms with E-state index in [4.69, 9.17) is 5.11 Å². The van der Waals surface area contributed by atoms with Crippen molar-refractivity contribution in [2.75, 3.05) is 13.2 Å². The predicted octanol–water partition coefficient (Wildman–Crippen LogP) is 3.65. The minimum atomic E-state index is 0.0238. The van der Waals surface area contributed by atoms with E-state index in [1.54, 1.807) is 0 Å². The lowest BCUT2D eigenvalue weighted by Crippen LogP contribution is -2.40. The Bertz CT molecular complexity index is 410. The number of carbonyl (C=O) groups is 1. The molecule has 0 spiro atoms. The number of nitrogens with zero attached hydrogens (tertiary/aromatic N) is 1. The second-order valence-corrected chi connectivity index (χ2v) is 7.62. The smallest absolute Gasteiger partial charge is 0.264 e. The molecule has 2 rings (SSSR count). The van der Waals surface area contributed by atoms with Crippen LogP contribution < -0.4 is 0 Å². The van der Waals surface area contributed by atoms with Crippen LogP contribution in [0.15, 0.2) is 14.3 Å². The van der Waals surface area contributed by atoms with Crippen molar-refractivity contribution in [2.45, 2.75) is 31.7 Å². The van der Waals surface area contributed by atoms with E-state index >= 15 is 0 Å². The van der Waals surface area contributed by atoms with Gasteiger partial charge in [0.25, 0.3) is 5.91 Å². The molecule has 0 atom stereocenters. The Morgan fingerprint density at radius 2 is 2.11 bits per heavy atom. The predicted molar refractivity (Wildman–Crippen MR) is 80.1 cm³/mol. The largest absolute Gasteiger partial charge is 0.395 e.